The lowest BCUT2D eigenvalue weighted by atomic mass is 9.82. The van der Waals surface area contributed by atoms with E-state index < -0.39 is 7.52 Å². The Labute approximate surface area is 185 Å². The highest BCUT2D eigenvalue weighted by atomic mass is 31.2. The first-order valence-electron chi connectivity index (χ1n) is 11.7. The van der Waals surface area contributed by atoms with Crippen molar-refractivity contribution in [2.24, 2.45) is 5.41 Å². The number of hydrogen-bond acceptors (Lipinski definition) is 5. The summed E-state index contributed by atoms with van der Waals surface area (Å²) in [5.41, 5.74) is 6.47. The third kappa shape index (κ3) is 4.06. The van der Waals surface area contributed by atoms with Gasteiger partial charge in [-0.1, -0.05) is 38.1 Å². The summed E-state index contributed by atoms with van der Waals surface area (Å²) in [4.78, 5) is 2.46. The van der Waals surface area contributed by atoms with Gasteiger partial charge in [0.1, 0.15) is 5.31 Å². The molecule has 0 spiro atoms. The van der Waals surface area contributed by atoms with Crippen molar-refractivity contribution in [2.75, 3.05) is 31.1 Å². The summed E-state index contributed by atoms with van der Waals surface area (Å²) in [6.07, 6.45) is 8.79. The minimum atomic E-state index is -3.35. The number of likely N-dealkylation sites (tertiary alicyclic amines) is 1. The van der Waals surface area contributed by atoms with Crippen molar-refractivity contribution in [1.29, 1.82) is 0 Å². The molecule has 3 fully saturated rings. The van der Waals surface area contributed by atoms with Crippen molar-refractivity contribution in [2.45, 2.75) is 58.5 Å². The van der Waals surface area contributed by atoms with Crippen LogP contribution in [0.25, 0.3) is 0 Å². The lowest BCUT2D eigenvalue weighted by Crippen LogP contribution is -2.34. The Kier molecular flexibility index (Phi) is 5.66. The van der Waals surface area contributed by atoms with Crippen LogP contribution in [0.15, 0.2) is 53.1 Å². The third-order valence-corrected chi connectivity index (χ3v) is 9.08. The first-order valence-corrected chi connectivity index (χ1v) is 13.2. The second kappa shape index (κ2) is 8.31. The second-order valence-electron chi connectivity index (χ2n) is 9.78. The molecule has 1 aromatic rings. The average Bonchev–Trinajstić information content (AvgIpc) is 3.39. The second-order valence-corrected chi connectivity index (χ2v) is 11.9. The van der Waals surface area contributed by atoms with Gasteiger partial charge >= 0.3 is 7.52 Å². The van der Waals surface area contributed by atoms with E-state index in [0.29, 0.717) is 6.61 Å². The molecule has 0 saturated carbocycles. The van der Waals surface area contributed by atoms with Crippen LogP contribution < -0.4 is 10.2 Å². The number of benzene rings is 1. The molecule has 3 heterocycles. The zero-order chi connectivity index (χ0) is 21.5. The summed E-state index contributed by atoms with van der Waals surface area (Å²) in [7, 11) is -3.35. The van der Waals surface area contributed by atoms with Crippen molar-refractivity contribution in [3.63, 3.8) is 0 Å². The Balaban J connectivity index is 1.59. The van der Waals surface area contributed by atoms with Gasteiger partial charge in [-0.25, -0.2) is 4.78 Å². The summed E-state index contributed by atoms with van der Waals surface area (Å²) in [6, 6.07) is 9.90. The van der Waals surface area contributed by atoms with E-state index in [1.165, 1.54) is 25.0 Å². The van der Waals surface area contributed by atoms with Crippen molar-refractivity contribution in [3.8, 4) is 0 Å². The molecule has 168 valence electrons. The van der Waals surface area contributed by atoms with Crippen molar-refractivity contribution in [3.05, 3.63) is 53.1 Å². The average molecular weight is 444 g/mol. The van der Waals surface area contributed by atoms with E-state index in [-0.39, 0.29) is 11.5 Å². The number of hydrogen-bond donors (Lipinski definition) is 1. The number of anilines is 1. The molecule has 7 heteroatoms. The molecule has 3 aliphatic heterocycles. The standard InChI is InChI=1S/C24H34N3O3P/c1-24(2)16-21-23(22(17-24)26-13-7-4-8-14-26)31(28,30-18-20-12-9-15-29-20)27(25-21)19-10-5-3-6-11-19/h3,5-6,10-11,16,20,25H,4,7-9,12-15,17-18H2,1-2H3/t20-,31-/m0/s1. The number of fused-ring (bicyclic) bond motifs is 1. The molecule has 6 nitrogen and oxygen atoms in total. The van der Waals surface area contributed by atoms with Crippen LogP contribution in [-0.4, -0.2) is 37.3 Å². The van der Waals surface area contributed by atoms with Crippen LogP contribution in [-0.2, 0) is 13.8 Å². The maximum Gasteiger partial charge on any atom is 0.348 e. The molecule has 5 rings (SSSR count). The number of ether oxygens (including phenoxy) is 1. The summed E-state index contributed by atoms with van der Waals surface area (Å²) in [5, 5.41) is 0.871. The maximum absolute atomic E-state index is 14.8. The topological polar surface area (TPSA) is 54.0 Å². The van der Waals surface area contributed by atoms with Crippen LogP contribution in [0.5, 0.6) is 0 Å². The number of nitrogens with zero attached hydrogens (tertiary/aromatic N) is 2. The highest BCUT2D eigenvalue weighted by molar-refractivity contribution is 7.65. The van der Waals surface area contributed by atoms with E-state index in [1.54, 1.807) is 4.78 Å². The van der Waals surface area contributed by atoms with Crippen molar-refractivity contribution < 1.29 is 13.8 Å². The predicted octanol–water partition coefficient (Wildman–Crippen LogP) is 5.41. The van der Waals surface area contributed by atoms with Crippen LogP contribution in [0.3, 0.4) is 0 Å². The minimum Gasteiger partial charge on any atom is -0.376 e. The fourth-order valence-electron chi connectivity index (χ4n) is 5.15. The summed E-state index contributed by atoms with van der Waals surface area (Å²) in [6.45, 7) is 7.69. The summed E-state index contributed by atoms with van der Waals surface area (Å²) < 4.78 is 28.7. The molecule has 4 aliphatic rings. The number of allylic oxidation sites excluding steroid dienone is 3. The lowest BCUT2D eigenvalue weighted by Gasteiger charge is -2.38. The van der Waals surface area contributed by atoms with E-state index >= 15 is 0 Å². The Morgan fingerprint density at radius 3 is 2.65 bits per heavy atom. The number of para-hydroxylation sites is 1. The summed E-state index contributed by atoms with van der Waals surface area (Å²) in [5.74, 6) is 0. The molecule has 1 aliphatic carbocycles. The Bertz CT molecular complexity index is 915. The highest BCUT2D eigenvalue weighted by Crippen LogP contribution is 2.68. The first-order chi connectivity index (χ1) is 15.0. The molecule has 1 aromatic carbocycles. The molecular formula is C24H34N3O3P. The molecule has 0 unspecified atom stereocenters. The van der Waals surface area contributed by atoms with Gasteiger partial charge in [0.15, 0.2) is 0 Å². The van der Waals surface area contributed by atoms with Crippen LogP contribution in [0.2, 0.25) is 0 Å². The summed E-state index contributed by atoms with van der Waals surface area (Å²) >= 11 is 0. The van der Waals surface area contributed by atoms with Crippen LogP contribution in [0.1, 0.15) is 52.4 Å². The number of piperidine rings is 1. The largest absolute Gasteiger partial charge is 0.376 e. The fourth-order valence-corrected chi connectivity index (χ4v) is 7.61. The fraction of sp³-hybridized carbons (Fsp3) is 0.583. The Morgan fingerprint density at radius 2 is 1.94 bits per heavy atom. The zero-order valence-electron chi connectivity index (χ0n) is 18.7. The van der Waals surface area contributed by atoms with Gasteiger partial charge in [-0.3, -0.25) is 9.99 Å². The van der Waals surface area contributed by atoms with Gasteiger partial charge in [0, 0.05) is 25.4 Å². The van der Waals surface area contributed by atoms with Gasteiger partial charge in [-0.2, -0.15) is 0 Å². The molecule has 31 heavy (non-hydrogen) atoms. The zero-order valence-corrected chi connectivity index (χ0v) is 19.6. The monoisotopic (exact) mass is 443 g/mol. The molecule has 3 saturated heterocycles. The van der Waals surface area contributed by atoms with E-state index in [1.807, 2.05) is 30.3 Å². The van der Waals surface area contributed by atoms with Gasteiger partial charge in [-0.05, 0) is 56.1 Å². The number of rotatable bonds is 5. The van der Waals surface area contributed by atoms with Gasteiger partial charge in [-0.15, -0.1) is 0 Å². The lowest BCUT2D eigenvalue weighted by molar-refractivity contribution is 0.0692. The SMILES string of the molecule is CC1(C)C=C2NN(c3ccccc3)[P@@](=O)(OC[C@@H]3CCCO3)C2=C(N2CCCCC2)C1. The molecule has 0 amide bonds. The minimum absolute atomic E-state index is 0.00922. The smallest absolute Gasteiger partial charge is 0.348 e. The molecule has 0 aromatic heterocycles. The predicted molar refractivity (Wildman–Crippen MR) is 124 cm³/mol. The van der Waals surface area contributed by atoms with Crippen LogP contribution >= 0.6 is 7.52 Å². The van der Waals surface area contributed by atoms with Crippen LogP contribution in [0, 0.1) is 5.41 Å². The molecule has 1 N–H and O–H groups in total. The van der Waals surface area contributed by atoms with Gasteiger partial charge in [0.2, 0.25) is 0 Å². The maximum atomic E-state index is 14.8. The van der Waals surface area contributed by atoms with Crippen molar-refractivity contribution >= 4 is 13.2 Å². The highest BCUT2D eigenvalue weighted by Gasteiger charge is 2.51. The van der Waals surface area contributed by atoms with E-state index in [4.69, 9.17) is 9.26 Å². The van der Waals surface area contributed by atoms with E-state index in [0.717, 1.165) is 55.7 Å². The number of nitrogens with one attached hydrogen (secondary N) is 1. The Morgan fingerprint density at radius 1 is 1.16 bits per heavy atom. The van der Waals surface area contributed by atoms with Gasteiger partial charge < -0.3 is 14.2 Å². The van der Waals surface area contributed by atoms with Crippen LogP contribution in [0.4, 0.5) is 5.69 Å². The molecule has 0 radical (unpaired) electrons. The Hall–Kier alpha value is -1.75. The molecular weight excluding hydrogens is 409 g/mol. The van der Waals surface area contributed by atoms with Crippen molar-refractivity contribution in [1.82, 2.24) is 10.3 Å². The molecule has 2 atom stereocenters. The van der Waals surface area contributed by atoms with E-state index in [9.17, 15) is 4.57 Å². The van der Waals surface area contributed by atoms with E-state index in [2.05, 4.69) is 30.2 Å². The first kappa shape index (κ1) is 21.1. The van der Waals surface area contributed by atoms with Gasteiger partial charge in [0.25, 0.3) is 0 Å². The quantitative estimate of drug-likeness (QED) is 0.614. The normalized spacial score (nSPS) is 30.3. The number of hydrazine groups is 1. The third-order valence-electron chi connectivity index (χ3n) is 6.66. The van der Waals surface area contributed by atoms with Gasteiger partial charge in [0.05, 0.1) is 24.1 Å². The molecule has 0 bridgehead atoms.